The van der Waals surface area contributed by atoms with Gasteiger partial charge in [-0.2, -0.15) is 0 Å². The van der Waals surface area contributed by atoms with E-state index in [1.165, 1.54) is 6.42 Å². The summed E-state index contributed by atoms with van der Waals surface area (Å²) in [5.41, 5.74) is 1.01. The maximum Gasteiger partial charge on any atom is 0.138 e. The fourth-order valence-electron chi connectivity index (χ4n) is 2.33. The van der Waals surface area contributed by atoms with Crippen LogP contribution in [-0.2, 0) is 6.54 Å². The first-order valence-corrected chi connectivity index (χ1v) is 8.15. The lowest BCUT2D eigenvalue weighted by Gasteiger charge is -2.41. The van der Waals surface area contributed by atoms with Crippen molar-refractivity contribution in [1.82, 2.24) is 5.32 Å². The van der Waals surface area contributed by atoms with E-state index in [4.69, 9.17) is 4.74 Å². The molecule has 0 spiro atoms. The molecule has 1 saturated carbocycles. The molecule has 2 N–H and O–H groups in total. The van der Waals surface area contributed by atoms with E-state index in [1.807, 2.05) is 13.0 Å². The minimum Gasteiger partial charge on any atom is -0.492 e. The summed E-state index contributed by atoms with van der Waals surface area (Å²) in [4.78, 5) is 0. The molecule has 0 heterocycles. The average Bonchev–Trinajstić information content (AvgIpc) is 2.32. The van der Waals surface area contributed by atoms with E-state index in [2.05, 4.69) is 43.2 Å². The van der Waals surface area contributed by atoms with Gasteiger partial charge in [0.1, 0.15) is 5.75 Å². The molecule has 0 saturated heterocycles. The van der Waals surface area contributed by atoms with Crippen LogP contribution in [-0.4, -0.2) is 23.9 Å². The van der Waals surface area contributed by atoms with Gasteiger partial charge in [-0.1, -0.05) is 15.9 Å². The fraction of sp³-hybridized carbons (Fsp3) is 0.571. The summed E-state index contributed by atoms with van der Waals surface area (Å²) in [5.74, 6) is 0.880. The lowest BCUT2D eigenvalue weighted by Crippen LogP contribution is -2.53. The van der Waals surface area contributed by atoms with Crippen molar-refractivity contribution in [3.05, 3.63) is 26.6 Å². The Kier molecular flexibility index (Phi) is 5.29. The molecule has 1 aliphatic rings. The molecule has 2 rings (SSSR count). The second kappa shape index (κ2) is 6.57. The Morgan fingerprint density at radius 3 is 2.63 bits per heavy atom. The van der Waals surface area contributed by atoms with Crippen LogP contribution in [0.15, 0.2) is 21.1 Å². The van der Waals surface area contributed by atoms with Crippen LogP contribution in [0.2, 0.25) is 0 Å². The third-order valence-corrected chi connectivity index (χ3v) is 4.69. The Balaban J connectivity index is 2.14. The van der Waals surface area contributed by atoms with Gasteiger partial charge in [0.25, 0.3) is 0 Å². The van der Waals surface area contributed by atoms with E-state index in [1.54, 1.807) is 0 Å². The van der Waals surface area contributed by atoms with Gasteiger partial charge in [0.2, 0.25) is 0 Å². The van der Waals surface area contributed by atoms with E-state index < -0.39 is 0 Å². The Morgan fingerprint density at radius 2 is 2.11 bits per heavy atom. The third kappa shape index (κ3) is 3.51. The summed E-state index contributed by atoms with van der Waals surface area (Å²) in [7, 11) is 0. The number of ether oxygens (including phenoxy) is 1. The minimum absolute atomic E-state index is 0.0850. The molecule has 0 unspecified atom stereocenters. The minimum atomic E-state index is -0.0850. The smallest absolute Gasteiger partial charge is 0.138 e. The molecule has 0 amide bonds. The van der Waals surface area contributed by atoms with Crippen LogP contribution in [0.5, 0.6) is 5.75 Å². The monoisotopic (exact) mass is 391 g/mol. The summed E-state index contributed by atoms with van der Waals surface area (Å²) in [6.45, 7) is 3.52. The van der Waals surface area contributed by atoms with Crippen LogP contribution in [0.1, 0.15) is 31.7 Å². The number of hydrogen-bond donors (Lipinski definition) is 2. The summed E-state index contributed by atoms with van der Waals surface area (Å²) in [6.07, 6.45) is 3.28. The van der Waals surface area contributed by atoms with Crippen molar-refractivity contribution in [2.45, 2.75) is 38.3 Å². The van der Waals surface area contributed by atoms with Crippen molar-refractivity contribution in [2.24, 2.45) is 0 Å². The van der Waals surface area contributed by atoms with E-state index in [-0.39, 0.29) is 12.1 Å². The third-order valence-electron chi connectivity index (χ3n) is 3.64. The summed E-state index contributed by atoms with van der Waals surface area (Å²) < 4.78 is 7.67. The van der Waals surface area contributed by atoms with Gasteiger partial charge in [-0.05, 0) is 54.2 Å². The Labute approximate surface area is 131 Å². The molecule has 1 aromatic carbocycles. The van der Waals surface area contributed by atoms with Gasteiger partial charge >= 0.3 is 0 Å². The number of aliphatic hydroxyl groups excluding tert-OH is 1. The Morgan fingerprint density at radius 1 is 1.37 bits per heavy atom. The van der Waals surface area contributed by atoms with E-state index in [9.17, 15) is 5.11 Å². The molecular weight excluding hydrogens is 374 g/mol. The first-order chi connectivity index (χ1) is 9.10. The van der Waals surface area contributed by atoms with Crippen LogP contribution in [0, 0.1) is 0 Å². The van der Waals surface area contributed by atoms with E-state index in [0.29, 0.717) is 13.2 Å². The van der Waals surface area contributed by atoms with Crippen LogP contribution in [0.25, 0.3) is 0 Å². The lowest BCUT2D eigenvalue weighted by molar-refractivity contribution is 0.0869. The average molecular weight is 393 g/mol. The number of hydrogen-bond acceptors (Lipinski definition) is 3. The first kappa shape index (κ1) is 15.3. The van der Waals surface area contributed by atoms with Crippen LogP contribution in [0.3, 0.4) is 0 Å². The summed E-state index contributed by atoms with van der Waals surface area (Å²) in [5, 5.41) is 13.0. The Bertz CT molecular complexity index is 442. The van der Waals surface area contributed by atoms with Crippen molar-refractivity contribution in [3.8, 4) is 5.75 Å². The maximum atomic E-state index is 9.48. The van der Waals surface area contributed by atoms with Gasteiger partial charge in [0.05, 0.1) is 17.7 Å². The SMILES string of the molecule is CCOc1c(Br)cc(Br)cc1CNC1(CO)CCC1. The summed E-state index contributed by atoms with van der Waals surface area (Å²) >= 11 is 7.04. The normalized spacial score (nSPS) is 17.1. The van der Waals surface area contributed by atoms with Gasteiger partial charge in [-0.3, -0.25) is 0 Å². The van der Waals surface area contributed by atoms with Crippen molar-refractivity contribution in [1.29, 1.82) is 0 Å². The zero-order chi connectivity index (χ0) is 13.9. The summed E-state index contributed by atoms with van der Waals surface area (Å²) in [6, 6.07) is 4.05. The van der Waals surface area contributed by atoms with E-state index in [0.717, 1.165) is 33.1 Å². The molecule has 106 valence electrons. The number of aliphatic hydroxyl groups is 1. The maximum absolute atomic E-state index is 9.48. The second-order valence-corrected chi connectivity index (χ2v) is 6.72. The predicted molar refractivity (Wildman–Crippen MR) is 83.5 cm³/mol. The van der Waals surface area contributed by atoms with Crippen molar-refractivity contribution in [2.75, 3.05) is 13.2 Å². The molecule has 0 radical (unpaired) electrons. The highest BCUT2D eigenvalue weighted by molar-refractivity contribution is 9.11. The molecule has 19 heavy (non-hydrogen) atoms. The highest BCUT2D eigenvalue weighted by Crippen LogP contribution is 2.35. The predicted octanol–water partition coefficient (Wildman–Crippen LogP) is 3.61. The van der Waals surface area contributed by atoms with E-state index >= 15 is 0 Å². The molecule has 3 nitrogen and oxygen atoms in total. The molecule has 0 atom stereocenters. The molecule has 1 aromatic rings. The van der Waals surface area contributed by atoms with Crippen LogP contribution in [0.4, 0.5) is 0 Å². The van der Waals surface area contributed by atoms with Crippen LogP contribution < -0.4 is 10.1 Å². The van der Waals surface area contributed by atoms with Gasteiger partial charge in [-0.25, -0.2) is 0 Å². The highest BCUT2D eigenvalue weighted by Gasteiger charge is 2.35. The lowest BCUT2D eigenvalue weighted by atomic mass is 9.77. The molecule has 0 aromatic heterocycles. The standard InChI is InChI=1S/C14H19Br2NO2/c1-2-19-13-10(6-11(15)7-12(13)16)8-17-14(9-18)4-3-5-14/h6-7,17-18H,2-5,8-9H2,1H3. The fourth-order valence-corrected chi connectivity index (χ4v) is 3.76. The van der Waals surface area contributed by atoms with Crippen molar-refractivity contribution >= 4 is 31.9 Å². The second-order valence-electron chi connectivity index (χ2n) is 4.95. The quantitative estimate of drug-likeness (QED) is 0.776. The molecule has 1 fully saturated rings. The number of rotatable bonds is 6. The van der Waals surface area contributed by atoms with Crippen LogP contribution >= 0.6 is 31.9 Å². The highest BCUT2D eigenvalue weighted by atomic mass is 79.9. The zero-order valence-corrected chi connectivity index (χ0v) is 14.2. The molecule has 5 heteroatoms. The number of nitrogens with one attached hydrogen (secondary N) is 1. The van der Waals surface area contributed by atoms with Gasteiger partial charge < -0.3 is 15.2 Å². The first-order valence-electron chi connectivity index (χ1n) is 6.57. The molecule has 0 bridgehead atoms. The van der Waals surface area contributed by atoms with Crippen molar-refractivity contribution in [3.63, 3.8) is 0 Å². The van der Waals surface area contributed by atoms with Gasteiger partial charge in [0, 0.05) is 22.1 Å². The van der Waals surface area contributed by atoms with Crippen molar-refractivity contribution < 1.29 is 9.84 Å². The van der Waals surface area contributed by atoms with Gasteiger partial charge in [0.15, 0.2) is 0 Å². The topological polar surface area (TPSA) is 41.5 Å². The number of halogens is 2. The molecule has 1 aliphatic carbocycles. The Hall–Kier alpha value is -0.100. The largest absolute Gasteiger partial charge is 0.492 e. The zero-order valence-electron chi connectivity index (χ0n) is 11.0. The number of benzene rings is 1. The molecular formula is C14H19Br2NO2. The molecule has 0 aliphatic heterocycles. The van der Waals surface area contributed by atoms with Gasteiger partial charge in [-0.15, -0.1) is 0 Å².